The first-order valence-electron chi connectivity index (χ1n) is 4.64. The zero-order valence-electron chi connectivity index (χ0n) is 8.01. The first kappa shape index (κ1) is 9.01. The van der Waals surface area contributed by atoms with Crippen LogP contribution in [0.3, 0.4) is 0 Å². The van der Waals surface area contributed by atoms with Crippen molar-refractivity contribution in [2.45, 2.75) is 38.8 Å². The molecule has 2 unspecified atom stereocenters. The lowest BCUT2D eigenvalue weighted by molar-refractivity contribution is -0.934. The Bertz CT molecular complexity index is 134. The van der Waals surface area contributed by atoms with E-state index in [4.69, 9.17) is 5.73 Å². The molecule has 0 saturated carbocycles. The fourth-order valence-electron chi connectivity index (χ4n) is 1.90. The molecule has 1 aliphatic rings. The predicted octanol–water partition coefficient (Wildman–Crippen LogP) is 0.962. The largest absolute Gasteiger partial charge is 0.323 e. The Kier molecular flexibility index (Phi) is 2.55. The monoisotopic (exact) mass is 157 g/mol. The van der Waals surface area contributed by atoms with E-state index in [0.29, 0.717) is 6.04 Å². The maximum absolute atomic E-state index is 5.93. The molecule has 1 heterocycles. The molecule has 66 valence electrons. The molecule has 0 bridgehead atoms. The Balaban J connectivity index is 2.55. The van der Waals surface area contributed by atoms with Crippen molar-refractivity contribution >= 4 is 0 Å². The quantitative estimate of drug-likeness (QED) is 0.564. The van der Waals surface area contributed by atoms with Crippen molar-refractivity contribution < 1.29 is 4.48 Å². The van der Waals surface area contributed by atoms with Gasteiger partial charge in [0.25, 0.3) is 0 Å². The van der Waals surface area contributed by atoms with Gasteiger partial charge in [0.1, 0.15) is 0 Å². The van der Waals surface area contributed by atoms with Crippen LogP contribution in [0.1, 0.15) is 26.7 Å². The van der Waals surface area contributed by atoms with E-state index in [-0.39, 0.29) is 0 Å². The molecule has 1 fully saturated rings. The van der Waals surface area contributed by atoms with Gasteiger partial charge in [0, 0.05) is 0 Å². The zero-order chi connectivity index (χ0) is 8.48. The third kappa shape index (κ3) is 1.94. The van der Waals surface area contributed by atoms with Crippen LogP contribution in [0.25, 0.3) is 0 Å². The zero-order valence-corrected chi connectivity index (χ0v) is 8.01. The first-order valence-corrected chi connectivity index (χ1v) is 4.64. The molecule has 11 heavy (non-hydrogen) atoms. The van der Waals surface area contributed by atoms with E-state index < -0.39 is 0 Å². The topological polar surface area (TPSA) is 26.0 Å². The molecule has 2 atom stereocenters. The van der Waals surface area contributed by atoms with Crippen molar-refractivity contribution in [1.29, 1.82) is 0 Å². The summed E-state index contributed by atoms with van der Waals surface area (Å²) in [5.41, 5.74) is 5.93. The van der Waals surface area contributed by atoms with Crippen LogP contribution in [-0.2, 0) is 0 Å². The molecule has 0 aromatic heterocycles. The van der Waals surface area contributed by atoms with Crippen molar-refractivity contribution in [2.24, 2.45) is 5.73 Å². The Labute approximate surface area is 70.0 Å². The van der Waals surface area contributed by atoms with Gasteiger partial charge in [-0.2, -0.15) is 0 Å². The van der Waals surface area contributed by atoms with E-state index in [1.165, 1.54) is 23.9 Å². The molecule has 0 spiro atoms. The van der Waals surface area contributed by atoms with Gasteiger partial charge >= 0.3 is 0 Å². The van der Waals surface area contributed by atoms with E-state index in [9.17, 15) is 0 Å². The van der Waals surface area contributed by atoms with E-state index in [1.54, 1.807) is 0 Å². The SMILES string of the molecule is CC(C)[N+]1(C)CCCC(N)C1. The average molecular weight is 157 g/mol. The lowest BCUT2D eigenvalue weighted by Gasteiger charge is -2.43. The van der Waals surface area contributed by atoms with Gasteiger partial charge in [0.2, 0.25) is 0 Å². The number of rotatable bonds is 1. The van der Waals surface area contributed by atoms with E-state index in [1.807, 2.05) is 0 Å². The average Bonchev–Trinajstić information content (AvgIpc) is 1.86. The molecule has 2 heteroatoms. The van der Waals surface area contributed by atoms with Crippen LogP contribution in [0.15, 0.2) is 0 Å². The summed E-state index contributed by atoms with van der Waals surface area (Å²) in [5, 5.41) is 0. The summed E-state index contributed by atoms with van der Waals surface area (Å²) < 4.78 is 1.17. The molecule has 0 aromatic rings. The fourth-order valence-corrected chi connectivity index (χ4v) is 1.90. The Morgan fingerprint density at radius 3 is 2.45 bits per heavy atom. The number of likely N-dealkylation sites (tertiary alicyclic amines) is 1. The highest BCUT2D eigenvalue weighted by Crippen LogP contribution is 2.18. The molecule has 2 nitrogen and oxygen atoms in total. The second-order valence-electron chi connectivity index (χ2n) is 4.38. The molecule has 1 rings (SSSR count). The van der Waals surface area contributed by atoms with Gasteiger partial charge in [-0.25, -0.2) is 0 Å². The van der Waals surface area contributed by atoms with Gasteiger partial charge in [0.05, 0.1) is 32.2 Å². The Hall–Kier alpha value is -0.0800. The Morgan fingerprint density at radius 1 is 1.45 bits per heavy atom. The highest BCUT2D eigenvalue weighted by atomic mass is 15.4. The number of likely N-dealkylation sites (N-methyl/N-ethyl adjacent to an activating group) is 1. The summed E-state index contributed by atoms with van der Waals surface area (Å²) in [6, 6.07) is 1.16. The fraction of sp³-hybridized carbons (Fsp3) is 1.00. The van der Waals surface area contributed by atoms with Crippen molar-refractivity contribution in [3.63, 3.8) is 0 Å². The van der Waals surface area contributed by atoms with Gasteiger partial charge < -0.3 is 10.2 Å². The summed E-state index contributed by atoms with van der Waals surface area (Å²) in [4.78, 5) is 0. The number of nitrogens with two attached hydrogens (primary N) is 1. The normalized spacial score (nSPS) is 39.5. The summed E-state index contributed by atoms with van der Waals surface area (Å²) >= 11 is 0. The molecule has 1 saturated heterocycles. The van der Waals surface area contributed by atoms with Crippen LogP contribution >= 0.6 is 0 Å². The number of hydrogen-bond acceptors (Lipinski definition) is 1. The van der Waals surface area contributed by atoms with Crippen LogP contribution < -0.4 is 5.73 Å². The van der Waals surface area contributed by atoms with Crippen LogP contribution in [-0.4, -0.2) is 36.7 Å². The minimum absolute atomic E-state index is 0.441. The van der Waals surface area contributed by atoms with Gasteiger partial charge in [0.15, 0.2) is 0 Å². The van der Waals surface area contributed by atoms with Gasteiger partial charge in [-0.3, -0.25) is 0 Å². The molecule has 0 radical (unpaired) electrons. The molecule has 0 aliphatic carbocycles. The second-order valence-corrected chi connectivity index (χ2v) is 4.38. The van der Waals surface area contributed by atoms with Crippen molar-refractivity contribution in [1.82, 2.24) is 0 Å². The standard InChI is InChI=1S/C9H21N2/c1-8(2)11(3)6-4-5-9(10)7-11/h8-9H,4-7,10H2,1-3H3/q+1. The van der Waals surface area contributed by atoms with E-state index in [0.717, 1.165) is 12.6 Å². The van der Waals surface area contributed by atoms with Crippen LogP contribution in [0, 0.1) is 0 Å². The molecular weight excluding hydrogens is 136 g/mol. The third-order valence-electron chi connectivity index (χ3n) is 3.14. The summed E-state index contributed by atoms with van der Waals surface area (Å²) in [5.74, 6) is 0. The number of quaternary nitrogens is 1. The summed E-state index contributed by atoms with van der Waals surface area (Å²) in [6.07, 6.45) is 2.52. The van der Waals surface area contributed by atoms with E-state index in [2.05, 4.69) is 20.9 Å². The molecule has 2 N–H and O–H groups in total. The van der Waals surface area contributed by atoms with Crippen LogP contribution in [0.5, 0.6) is 0 Å². The van der Waals surface area contributed by atoms with Gasteiger partial charge in [-0.05, 0) is 26.7 Å². The summed E-state index contributed by atoms with van der Waals surface area (Å²) in [6.45, 7) is 7.05. The molecule has 1 aliphatic heterocycles. The third-order valence-corrected chi connectivity index (χ3v) is 3.14. The van der Waals surface area contributed by atoms with Crippen molar-refractivity contribution in [3.05, 3.63) is 0 Å². The lowest BCUT2D eigenvalue weighted by atomic mass is 10.0. The number of piperidine rings is 1. The first-order chi connectivity index (χ1) is 5.04. The molecule has 0 amide bonds. The molecular formula is C9H21N2+. The Morgan fingerprint density at radius 2 is 2.09 bits per heavy atom. The predicted molar refractivity (Wildman–Crippen MR) is 48.3 cm³/mol. The second kappa shape index (κ2) is 3.11. The maximum Gasteiger partial charge on any atom is 0.0940 e. The highest BCUT2D eigenvalue weighted by Gasteiger charge is 2.31. The highest BCUT2D eigenvalue weighted by molar-refractivity contribution is 4.66. The van der Waals surface area contributed by atoms with Gasteiger partial charge in [-0.15, -0.1) is 0 Å². The maximum atomic E-state index is 5.93. The van der Waals surface area contributed by atoms with Crippen LogP contribution in [0.4, 0.5) is 0 Å². The number of hydrogen-bond donors (Lipinski definition) is 1. The van der Waals surface area contributed by atoms with Crippen molar-refractivity contribution in [3.8, 4) is 0 Å². The van der Waals surface area contributed by atoms with Gasteiger partial charge in [-0.1, -0.05) is 0 Å². The van der Waals surface area contributed by atoms with E-state index >= 15 is 0 Å². The lowest BCUT2D eigenvalue weighted by Crippen LogP contribution is -2.58. The minimum Gasteiger partial charge on any atom is -0.323 e. The smallest absolute Gasteiger partial charge is 0.0940 e. The summed E-state index contributed by atoms with van der Waals surface area (Å²) in [7, 11) is 2.32. The van der Waals surface area contributed by atoms with Crippen LogP contribution in [0.2, 0.25) is 0 Å². The van der Waals surface area contributed by atoms with Crippen molar-refractivity contribution in [2.75, 3.05) is 20.1 Å². The minimum atomic E-state index is 0.441. The number of nitrogens with zero attached hydrogens (tertiary/aromatic N) is 1. The molecule has 0 aromatic carbocycles.